The number of nitrogens with one attached hydrogen (secondary N) is 1. The van der Waals surface area contributed by atoms with Crippen LogP contribution in [-0.4, -0.2) is 17.6 Å². The maximum atomic E-state index is 12.0. The molecule has 2 aromatic rings. The van der Waals surface area contributed by atoms with Crippen LogP contribution in [0.3, 0.4) is 0 Å². The zero-order chi connectivity index (χ0) is 18.7. The van der Waals surface area contributed by atoms with Crippen molar-refractivity contribution in [2.45, 2.75) is 13.8 Å². The number of carbonyl (C=O) groups is 3. The van der Waals surface area contributed by atoms with Gasteiger partial charge in [-0.15, -0.1) is 0 Å². The Hall–Kier alpha value is -2.57. The van der Waals surface area contributed by atoms with Crippen LogP contribution in [0, 0.1) is 6.92 Å². The fraction of sp³-hybridized carbons (Fsp3) is 0.118. The van der Waals surface area contributed by atoms with Gasteiger partial charge < -0.3 is 10.2 Å². The van der Waals surface area contributed by atoms with E-state index in [-0.39, 0.29) is 28.6 Å². The zero-order valence-corrected chi connectivity index (χ0v) is 14.9. The number of carbonyl (C=O) groups excluding carboxylic acids is 3. The van der Waals surface area contributed by atoms with E-state index in [2.05, 4.69) is 5.32 Å². The molecule has 2 rings (SSSR count). The van der Waals surface area contributed by atoms with Crippen molar-refractivity contribution >= 4 is 52.8 Å². The number of furan rings is 1. The van der Waals surface area contributed by atoms with Crippen molar-refractivity contribution in [1.29, 1.82) is 0 Å². The molecular formula is C17H14Cl2N2O4. The number of aryl methyl sites for hydroxylation is 1. The summed E-state index contributed by atoms with van der Waals surface area (Å²) in [7, 11) is 0. The number of rotatable bonds is 5. The van der Waals surface area contributed by atoms with E-state index in [0.29, 0.717) is 15.6 Å². The summed E-state index contributed by atoms with van der Waals surface area (Å²) in [6, 6.07) is 4.87. The van der Waals surface area contributed by atoms with Gasteiger partial charge in [0.05, 0.1) is 15.6 Å². The molecule has 25 heavy (non-hydrogen) atoms. The second-order valence-electron chi connectivity index (χ2n) is 5.15. The number of primary amides is 1. The van der Waals surface area contributed by atoms with Gasteiger partial charge in [-0.25, -0.2) is 0 Å². The molecule has 0 radical (unpaired) electrons. The number of Topliss-reactive ketones (excluding diaryl/α,β-unsaturated/α-hetero) is 1. The van der Waals surface area contributed by atoms with E-state index in [4.69, 9.17) is 33.4 Å². The maximum Gasteiger partial charge on any atom is 0.255 e. The first-order valence-corrected chi connectivity index (χ1v) is 7.84. The van der Waals surface area contributed by atoms with Crippen LogP contribution in [0.25, 0.3) is 6.08 Å². The van der Waals surface area contributed by atoms with Crippen molar-refractivity contribution in [1.82, 2.24) is 0 Å². The minimum atomic E-state index is -0.870. The topological polar surface area (TPSA) is 102 Å². The average Bonchev–Trinajstić information content (AvgIpc) is 2.85. The van der Waals surface area contributed by atoms with E-state index in [1.165, 1.54) is 26.0 Å². The van der Waals surface area contributed by atoms with E-state index in [0.717, 1.165) is 0 Å². The number of amides is 2. The average molecular weight is 381 g/mol. The molecule has 0 fully saturated rings. The minimum Gasteiger partial charge on any atom is -0.444 e. The Labute approximate surface area is 153 Å². The van der Waals surface area contributed by atoms with E-state index in [9.17, 15) is 14.4 Å². The fourth-order valence-electron chi connectivity index (χ4n) is 2.23. The lowest BCUT2D eigenvalue weighted by molar-refractivity contribution is -0.111. The van der Waals surface area contributed by atoms with E-state index < -0.39 is 11.8 Å². The summed E-state index contributed by atoms with van der Waals surface area (Å²) in [5, 5.41) is 3.15. The van der Waals surface area contributed by atoms with Crippen LogP contribution in [0.4, 0.5) is 5.88 Å². The smallest absolute Gasteiger partial charge is 0.255 e. The van der Waals surface area contributed by atoms with Gasteiger partial charge in [-0.1, -0.05) is 29.3 Å². The third-order valence-corrected chi connectivity index (χ3v) is 4.03. The standard InChI is InChI=1S/C17H14Cl2N2O4/c1-8(22)14-9(2)25-17(15(14)16(20)24)21-13(23)6-4-10-3-5-11(18)12(19)7-10/h3-7H,1-2H3,(H2,20,24)(H,21,23)/b6-4+. The van der Waals surface area contributed by atoms with Crippen molar-refractivity contribution in [3.8, 4) is 0 Å². The van der Waals surface area contributed by atoms with Gasteiger partial charge >= 0.3 is 0 Å². The second-order valence-corrected chi connectivity index (χ2v) is 5.97. The molecule has 0 saturated carbocycles. The molecule has 1 heterocycles. The van der Waals surface area contributed by atoms with Gasteiger partial charge in [0.2, 0.25) is 5.88 Å². The van der Waals surface area contributed by atoms with Crippen molar-refractivity contribution in [3.63, 3.8) is 0 Å². The van der Waals surface area contributed by atoms with Gasteiger partial charge in [0.15, 0.2) is 5.78 Å². The third-order valence-electron chi connectivity index (χ3n) is 3.29. The van der Waals surface area contributed by atoms with Gasteiger partial charge in [-0.05, 0) is 37.6 Å². The molecule has 0 bridgehead atoms. The molecular weight excluding hydrogens is 367 g/mol. The lowest BCUT2D eigenvalue weighted by atomic mass is 10.1. The molecule has 130 valence electrons. The first-order valence-electron chi connectivity index (χ1n) is 7.09. The minimum absolute atomic E-state index is 0.0521. The van der Waals surface area contributed by atoms with E-state index >= 15 is 0 Å². The summed E-state index contributed by atoms with van der Waals surface area (Å²) in [5.41, 5.74) is 5.84. The van der Waals surface area contributed by atoms with Crippen LogP contribution in [-0.2, 0) is 4.79 Å². The molecule has 0 aliphatic carbocycles. The van der Waals surface area contributed by atoms with Crippen molar-refractivity contribution in [3.05, 3.63) is 56.8 Å². The Balaban J connectivity index is 2.24. The quantitative estimate of drug-likeness (QED) is 0.607. The Kier molecular flexibility index (Phi) is 5.66. The largest absolute Gasteiger partial charge is 0.444 e. The van der Waals surface area contributed by atoms with Crippen molar-refractivity contribution in [2.75, 3.05) is 5.32 Å². The van der Waals surface area contributed by atoms with E-state index in [1.54, 1.807) is 18.2 Å². The van der Waals surface area contributed by atoms with Crippen LogP contribution >= 0.6 is 23.2 Å². The number of halogens is 2. The number of nitrogens with two attached hydrogens (primary N) is 1. The summed E-state index contributed by atoms with van der Waals surface area (Å²) in [4.78, 5) is 35.3. The Morgan fingerprint density at radius 1 is 1.16 bits per heavy atom. The first kappa shape index (κ1) is 18.8. The molecule has 6 nitrogen and oxygen atoms in total. The number of anilines is 1. The van der Waals surface area contributed by atoms with Gasteiger partial charge in [-0.3, -0.25) is 19.7 Å². The zero-order valence-electron chi connectivity index (χ0n) is 13.4. The van der Waals surface area contributed by atoms with Gasteiger partial charge in [0.25, 0.3) is 11.8 Å². The number of benzene rings is 1. The van der Waals surface area contributed by atoms with Gasteiger partial charge in [0.1, 0.15) is 11.3 Å². The van der Waals surface area contributed by atoms with Crippen molar-refractivity contribution < 1.29 is 18.8 Å². The highest BCUT2D eigenvalue weighted by molar-refractivity contribution is 6.42. The SMILES string of the molecule is CC(=O)c1c(C)oc(NC(=O)/C=C/c2ccc(Cl)c(Cl)c2)c1C(N)=O. The van der Waals surface area contributed by atoms with Gasteiger partial charge in [0, 0.05) is 6.08 Å². The summed E-state index contributed by atoms with van der Waals surface area (Å²) in [6.07, 6.45) is 2.72. The molecule has 8 heteroatoms. The molecule has 3 N–H and O–H groups in total. The first-order chi connectivity index (χ1) is 11.7. The molecule has 2 amide bonds. The highest BCUT2D eigenvalue weighted by atomic mass is 35.5. The third kappa shape index (κ3) is 4.29. The lowest BCUT2D eigenvalue weighted by Crippen LogP contribution is -2.18. The van der Waals surface area contributed by atoms with Crippen LogP contribution < -0.4 is 11.1 Å². The summed E-state index contributed by atoms with van der Waals surface area (Å²) in [5.74, 6) is -1.80. The summed E-state index contributed by atoms with van der Waals surface area (Å²) in [6.45, 7) is 2.78. The highest BCUT2D eigenvalue weighted by Crippen LogP contribution is 2.27. The number of hydrogen-bond acceptors (Lipinski definition) is 4. The number of hydrogen-bond donors (Lipinski definition) is 2. The second kappa shape index (κ2) is 7.55. The highest BCUT2D eigenvalue weighted by Gasteiger charge is 2.25. The summed E-state index contributed by atoms with van der Waals surface area (Å²) < 4.78 is 5.30. The molecule has 1 aromatic heterocycles. The molecule has 0 spiro atoms. The fourth-order valence-corrected chi connectivity index (χ4v) is 2.54. The number of ketones is 1. The van der Waals surface area contributed by atoms with Crippen LogP contribution in [0.2, 0.25) is 10.0 Å². The Bertz CT molecular complexity index is 900. The Morgan fingerprint density at radius 2 is 1.84 bits per heavy atom. The van der Waals surface area contributed by atoms with Crippen LogP contribution in [0.5, 0.6) is 0 Å². The molecule has 0 aliphatic heterocycles. The normalized spacial score (nSPS) is 10.9. The molecule has 0 saturated heterocycles. The monoisotopic (exact) mass is 380 g/mol. The predicted octanol–water partition coefficient (Wildman–Crippen LogP) is 3.85. The molecule has 0 unspecified atom stereocenters. The van der Waals surface area contributed by atoms with Crippen LogP contribution in [0.15, 0.2) is 28.7 Å². The van der Waals surface area contributed by atoms with Crippen LogP contribution in [0.1, 0.15) is 39.0 Å². The maximum absolute atomic E-state index is 12.0. The van der Waals surface area contributed by atoms with E-state index in [1.807, 2.05) is 0 Å². The lowest BCUT2D eigenvalue weighted by Gasteiger charge is -2.01. The van der Waals surface area contributed by atoms with Crippen molar-refractivity contribution in [2.24, 2.45) is 5.73 Å². The Morgan fingerprint density at radius 3 is 2.40 bits per heavy atom. The molecule has 1 aromatic carbocycles. The molecule has 0 atom stereocenters. The van der Waals surface area contributed by atoms with Gasteiger partial charge in [-0.2, -0.15) is 0 Å². The predicted molar refractivity (Wildman–Crippen MR) is 96.1 cm³/mol. The molecule has 0 aliphatic rings. The summed E-state index contributed by atoms with van der Waals surface area (Å²) >= 11 is 11.7.